The van der Waals surface area contributed by atoms with E-state index in [2.05, 4.69) is 5.16 Å². The lowest BCUT2D eigenvalue weighted by Gasteiger charge is -1.98. The molecule has 1 aromatic carbocycles. The Morgan fingerprint density at radius 3 is 2.08 bits per heavy atom. The molecule has 0 aromatic heterocycles. The fourth-order valence-electron chi connectivity index (χ4n) is 1.38. The van der Waals surface area contributed by atoms with Crippen LogP contribution in [0, 0.1) is 5.41 Å². The average Bonchev–Trinajstić information content (AvgIpc) is 2.63. The van der Waals surface area contributed by atoms with Crippen LogP contribution in [0.4, 0.5) is 0 Å². The molecule has 24 heavy (non-hydrogen) atoms. The molecule has 0 bridgehead atoms. The molecule has 1 aromatic rings. The van der Waals surface area contributed by atoms with E-state index in [0.29, 0.717) is 17.0 Å². The third-order valence-corrected chi connectivity index (χ3v) is 2.87. The lowest BCUT2D eigenvalue weighted by Crippen LogP contribution is -2.01. The summed E-state index contributed by atoms with van der Waals surface area (Å²) in [6.45, 7) is 3.14. The Balaban J connectivity index is 0.000000334. The predicted molar refractivity (Wildman–Crippen MR) is 94.2 cm³/mol. The van der Waals surface area contributed by atoms with Gasteiger partial charge in [0, 0.05) is 5.56 Å². The second-order valence-electron chi connectivity index (χ2n) is 4.78. The van der Waals surface area contributed by atoms with Crippen LogP contribution in [0.1, 0.15) is 37.0 Å². The van der Waals surface area contributed by atoms with E-state index < -0.39 is 5.97 Å². The Hall–Kier alpha value is -3.02. The SMILES string of the molecule is CC(=N)/C(C)=N/O.O=C(O)C1=CCCC=C1.O=Cc1ccccc1. The summed E-state index contributed by atoms with van der Waals surface area (Å²) in [5.74, 6) is -0.828. The highest BCUT2D eigenvalue weighted by Gasteiger charge is 2.03. The number of aldehydes is 1. The lowest BCUT2D eigenvalue weighted by molar-refractivity contribution is -0.132. The van der Waals surface area contributed by atoms with Gasteiger partial charge in [0.25, 0.3) is 0 Å². The first-order valence-electron chi connectivity index (χ1n) is 7.26. The summed E-state index contributed by atoms with van der Waals surface area (Å²) in [6, 6.07) is 9.10. The van der Waals surface area contributed by atoms with E-state index in [-0.39, 0.29) is 0 Å². The molecule has 3 N–H and O–H groups in total. The van der Waals surface area contributed by atoms with Crippen LogP contribution in [-0.2, 0) is 4.79 Å². The first kappa shape index (κ1) is 21.0. The Bertz CT molecular complexity index is 632. The number of oxime groups is 1. The van der Waals surface area contributed by atoms with Crippen LogP contribution >= 0.6 is 0 Å². The molecule has 1 aliphatic rings. The summed E-state index contributed by atoms with van der Waals surface area (Å²) < 4.78 is 0. The molecule has 0 fully saturated rings. The van der Waals surface area contributed by atoms with Gasteiger partial charge >= 0.3 is 5.97 Å². The van der Waals surface area contributed by atoms with Gasteiger partial charge in [-0.05, 0) is 26.7 Å². The Morgan fingerprint density at radius 1 is 1.21 bits per heavy atom. The molecule has 6 nitrogen and oxygen atoms in total. The zero-order valence-corrected chi connectivity index (χ0v) is 13.8. The number of hydrogen-bond donors (Lipinski definition) is 3. The number of aliphatic carboxylic acids is 1. The largest absolute Gasteiger partial charge is 0.478 e. The lowest BCUT2D eigenvalue weighted by atomic mass is 10.1. The van der Waals surface area contributed by atoms with Gasteiger partial charge in [0.2, 0.25) is 0 Å². The highest BCUT2D eigenvalue weighted by atomic mass is 16.4. The number of rotatable bonds is 3. The number of nitrogens with one attached hydrogen (secondary N) is 1. The first-order chi connectivity index (χ1) is 11.4. The standard InChI is InChI=1S/C7H8O2.C7H6O.C4H8N2O/c8-7(9)6-4-2-1-3-5-6;8-6-7-4-2-1-3-5-7;1-3(5)4(2)6-7/h2,4-5H,1,3H2,(H,8,9);1-6H;5,7H,1-2H3/b;;5-3?,6-4+. The van der Waals surface area contributed by atoms with Crippen LogP contribution in [0.15, 0.2) is 59.3 Å². The summed E-state index contributed by atoms with van der Waals surface area (Å²) in [7, 11) is 0. The number of carbonyl (C=O) groups is 2. The Kier molecular flexibility index (Phi) is 10.9. The number of carboxylic acid groups (broad SMARTS) is 1. The predicted octanol–water partition coefficient (Wildman–Crippen LogP) is 3.72. The normalized spacial score (nSPS) is 12.6. The molecule has 6 heteroatoms. The number of nitrogens with zero attached hydrogens (tertiary/aromatic N) is 1. The number of benzene rings is 1. The van der Waals surface area contributed by atoms with Gasteiger partial charge in [-0.25, -0.2) is 4.79 Å². The maximum absolute atomic E-state index is 10.2. The number of carboxylic acids is 1. The quantitative estimate of drug-likeness (QED) is 0.339. The van der Waals surface area contributed by atoms with E-state index in [4.69, 9.17) is 15.7 Å². The van der Waals surface area contributed by atoms with Gasteiger partial charge in [0.15, 0.2) is 0 Å². The van der Waals surface area contributed by atoms with Crippen molar-refractivity contribution in [2.45, 2.75) is 26.7 Å². The molecule has 0 unspecified atom stereocenters. The van der Waals surface area contributed by atoms with Gasteiger partial charge in [0.1, 0.15) is 6.29 Å². The molecule has 0 heterocycles. The van der Waals surface area contributed by atoms with E-state index in [1.54, 1.807) is 38.1 Å². The third-order valence-electron chi connectivity index (χ3n) is 2.87. The molecule has 1 aliphatic carbocycles. The van der Waals surface area contributed by atoms with Crippen molar-refractivity contribution in [2.75, 3.05) is 0 Å². The van der Waals surface area contributed by atoms with Crippen molar-refractivity contribution in [3.05, 3.63) is 59.7 Å². The Labute approximate surface area is 141 Å². The zero-order chi connectivity index (χ0) is 18.4. The molecule has 128 valence electrons. The molecule has 0 spiro atoms. The number of allylic oxidation sites excluding steroid dienone is 2. The maximum atomic E-state index is 10.2. The van der Waals surface area contributed by atoms with Gasteiger partial charge < -0.3 is 15.7 Å². The van der Waals surface area contributed by atoms with Crippen molar-refractivity contribution >= 4 is 23.7 Å². The van der Waals surface area contributed by atoms with Crippen molar-refractivity contribution in [1.82, 2.24) is 0 Å². The molecule has 2 rings (SSSR count). The molecule has 0 saturated carbocycles. The van der Waals surface area contributed by atoms with Crippen molar-refractivity contribution in [2.24, 2.45) is 5.16 Å². The summed E-state index contributed by atoms with van der Waals surface area (Å²) in [5.41, 5.74) is 1.80. The number of hydrogen-bond acceptors (Lipinski definition) is 5. The highest BCUT2D eigenvalue weighted by Crippen LogP contribution is 2.08. The highest BCUT2D eigenvalue weighted by molar-refractivity contribution is 6.39. The number of carbonyl (C=O) groups excluding carboxylic acids is 1. The summed E-state index contributed by atoms with van der Waals surface area (Å²) in [5, 5.41) is 26.0. The van der Waals surface area contributed by atoms with Gasteiger partial charge in [-0.2, -0.15) is 0 Å². The van der Waals surface area contributed by atoms with Crippen LogP contribution in [0.5, 0.6) is 0 Å². The van der Waals surface area contributed by atoms with Gasteiger partial charge in [-0.1, -0.05) is 53.7 Å². The molecule has 0 radical (unpaired) electrons. The van der Waals surface area contributed by atoms with E-state index in [9.17, 15) is 9.59 Å². The minimum atomic E-state index is -0.828. The summed E-state index contributed by atoms with van der Waals surface area (Å²) in [4.78, 5) is 20.2. The second kappa shape index (κ2) is 12.5. The topological polar surface area (TPSA) is 111 Å². The average molecular weight is 330 g/mol. The van der Waals surface area contributed by atoms with Crippen LogP contribution in [0.3, 0.4) is 0 Å². The smallest absolute Gasteiger partial charge is 0.335 e. The van der Waals surface area contributed by atoms with Crippen molar-refractivity contribution in [3.63, 3.8) is 0 Å². The third kappa shape index (κ3) is 9.83. The second-order valence-corrected chi connectivity index (χ2v) is 4.78. The molecular formula is C18H22N2O4. The van der Waals surface area contributed by atoms with E-state index in [0.717, 1.165) is 24.7 Å². The van der Waals surface area contributed by atoms with Crippen LogP contribution < -0.4 is 0 Å². The zero-order valence-electron chi connectivity index (χ0n) is 13.8. The van der Waals surface area contributed by atoms with Gasteiger partial charge in [-0.15, -0.1) is 0 Å². The fourth-order valence-corrected chi connectivity index (χ4v) is 1.38. The summed E-state index contributed by atoms with van der Waals surface area (Å²) in [6.07, 6.45) is 7.92. The first-order valence-corrected chi connectivity index (χ1v) is 7.26. The molecule has 0 amide bonds. The summed E-state index contributed by atoms with van der Waals surface area (Å²) >= 11 is 0. The minimum Gasteiger partial charge on any atom is -0.478 e. The van der Waals surface area contributed by atoms with Gasteiger partial charge in [-0.3, -0.25) is 4.79 Å². The van der Waals surface area contributed by atoms with E-state index >= 15 is 0 Å². The maximum Gasteiger partial charge on any atom is 0.335 e. The molecule has 0 saturated heterocycles. The van der Waals surface area contributed by atoms with Crippen LogP contribution in [0.2, 0.25) is 0 Å². The fraction of sp³-hybridized carbons (Fsp3) is 0.222. The van der Waals surface area contributed by atoms with Crippen LogP contribution in [0.25, 0.3) is 0 Å². The van der Waals surface area contributed by atoms with E-state index in [1.165, 1.54) is 0 Å². The van der Waals surface area contributed by atoms with Crippen molar-refractivity contribution in [3.8, 4) is 0 Å². The Morgan fingerprint density at radius 2 is 1.83 bits per heavy atom. The molecule has 0 atom stereocenters. The van der Waals surface area contributed by atoms with Gasteiger partial charge in [0.05, 0.1) is 17.0 Å². The molecule has 0 aliphatic heterocycles. The van der Waals surface area contributed by atoms with Crippen LogP contribution in [-0.4, -0.2) is 34.0 Å². The van der Waals surface area contributed by atoms with Crippen molar-refractivity contribution in [1.29, 1.82) is 5.41 Å². The van der Waals surface area contributed by atoms with Crippen molar-refractivity contribution < 1.29 is 19.9 Å². The molecular weight excluding hydrogens is 308 g/mol. The monoisotopic (exact) mass is 330 g/mol. The minimum absolute atomic E-state index is 0.294. The van der Waals surface area contributed by atoms with E-state index in [1.807, 2.05) is 24.3 Å².